The van der Waals surface area contributed by atoms with Crippen molar-refractivity contribution in [1.82, 2.24) is 14.7 Å². The van der Waals surface area contributed by atoms with Gasteiger partial charge >= 0.3 is 0 Å². The van der Waals surface area contributed by atoms with Gasteiger partial charge in [-0.15, -0.1) is 0 Å². The monoisotopic (exact) mass is 304 g/mol. The van der Waals surface area contributed by atoms with Crippen molar-refractivity contribution < 1.29 is 4.74 Å². The number of nitrogens with one attached hydrogen (secondary N) is 1. The fourth-order valence-corrected chi connectivity index (χ4v) is 2.08. The molecule has 5 nitrogen and oxygen atoms in total. The van der Waals surface area contributed by atoms with E-state index in [1.165, 1.54) is 0 Å². The normalized spacial score (nSPS) is 10.2. The highest BCUT2D eigenvalue weighted by atomic mass is 32.1. The highest BCUT2D eigenvalue weighted by molar-refractivity contribution is 7.80. The Morgan fingerprint density at radius 2 is 2.24 bits per heavy atom. The Morgan fingerprint density at radius 3 is 2.90 bits per heavy atom. The van der Waals surface area contributed by atoms with Crippen molar-refractivity contribution in [2.24, 2.45) is 0 Å². The number of aryl methyl sites for hydroxylation is 1. The van der Waals surface area contributed by atoms with Crippen molar-refractivity contribution in [3.05, 3.63) is 42.2 Å². The Morgan fingerprint density at radius 1 is 1.43 bits per heavy atom. The summed E-state index contributed by atoms with van der Waals surface area (Å²) in [4.78, 5) is 1.96. The molecule has 0 saturated heterocycles. The number of hydrogen-bond acceptors (Lipinski definition) is 3. The number of benzene rings is 1. The van der Waals surface area contributed by atoms with Crippen LogP contribution in [0.1, 0.15) is 12.6 Å². The molecule has 0 bridgehead atoms. The highest BCUT2D eigenvalue weighted by Gasteiger charge is 2.08. The molecule has 6 heteroatoms. The predicted octanol–water partition coefficient (Wildman–Crippen LogP) is 2.74. The number of rotatable bonds is 5. The molecular weight excluding hydrogens is 284 g/mol. The molecule has 0 radical (unpaired) electrons. The highest BCUT2D eigenvalue weighted by Crippen LogP contribution is 2.17. The maximum atomic E-state index is 5.41. The lowest BCUT2D eigenvalue weighted by Gasteiger charge is -2.20. The molecule has 2 aromatic rings. The van der Waals surface area contributed by atoms with Crippen LogP contribution in [-0.4, -0.2) is 34.0 Å². The van der Waals surface area contributed by atoms with E-state index in [0.717, 1.165) is 23.7 Å². The summed E-state index contributed by atoms with van der Waals surface area (Å²) in [5, 5.41) is 8.30. The number of aromatic nitrogens is 2. The first-order valence-electron chi connectivity index (χ1n) is 6.81. The largest absolute Gasteiger partial charge is 0.497 e. The summed E-state index contributed by atoms with van der Waals surface area (Å²) in [6, 6.07) is 9.69. The average Bonchev–Trinajstić information content (AvgIpc) is 2.95. The van der Waals surface area contributed by atoms with Crippen molar-refractivity contribution in [3.8, 4) is 5.75 Å². The molecule has 2 rings (SSSR count). The lowest BCUT2D eigenvalue weighted by atomic mass is 10.3. The Hall–Kier alpha value is -2.08. The number of ether oxygens (including phenoxy) is 1. The summed E-state index contributed by atoms with van der Waals surface area (Å²) in [5.74, 6) is 0.798. The Labute approximate surface area is 130 Å². The van der Waals surface area contributed by atoms with Gasteiger partial charge in [-0.2, -0.15) is 5.10 Å². The molecule has 1 aromatic carbocycles. The van der Waals surface area contributed by atoms with Crippen LogP contribution in [0.2, 0.25) is 0 Å². The van der Waals surface area contributed by atoms with E-state index in [-0.39, 0.29) is 0 Å². The molecule has 1 N–H and O–H groups in total. The van der Waals surface area contributed by atoms with Crippen LogP contribution in [0.4, 0.5) is 5.69 Å². The fourth-order valence-electron chi connectivity index (χ4n) is 1.90. The minimum Gasteiger partial charge on any atom is -0.497 e. The van der Waals surface area contributed by atoms with Crippen LogP contribution in [0, 0.1) is 0 Å². The van der Waals surface area contributed by atoms with Gasteiger partial charge in [-0.1, -0.05) is 6.07 Å². The fraction of sp³-hybridized carbons (Fsp3) is 0.333. The number of thiocarbonyl (C=S) groups is 1. The van der Waals surface area contributed by atoms with Crippen molar-refractivity contribution in [1.29, 1.82) is 0 Å². The van der Waals surface area contributed by atoms with Crippen LogP contribution < -0.4 is 10.1 Å². The summed E-state index contributed by atoms with van der Waals surface area (Å²) in [5.41, 5.74) is 1.90. The summed E-state index contributed by atoms with van der Waals surface area (Å²) >= 11 is 5.41. The Balaban J connectivity index is 1.95. The number of methoxy groups -OCH3 is 1. The summed E-state index contributed by atoms with van der Waals surface area (Å²) in [6.07, 6.45) is 1.97. The minimum absolute atomic E-state index is 0.648. The van der Waals surface area contributed by atoms with Crippen LogP contribution in [0.25, 0.3) is 0 Å². The van der Waals surface area contributed by atoms with Gasteiger partial charge in [0.05, 0.1) is 19.3 Å². The third kappa shape index (κ3) is 4.19. The molecule has 1 aromatic heterocycles. The molecule has 112 valence electrons. The van der Waals surface area contributed by atoms with Crippen LogP contribution in [0.15, 0.2) is 36.5 Å². The van der Waals surface area contributed by atoms with Gasteiger partial charge in [0.15, 0.2) is 5.11 Å². The molecule has 0 aliphatic heterocycles. The maximum absolute atomic E-state index is 5.41. The molecule has 0 spiro atoms. The summed E-state index contributed by atoms with van der Waals surface area (Å²) in [7, 11) is 3.59. The van der Waals surface area contributed by atoms with Gasteiger partial charge in [0.25, 0.3) is 0 Å². The summed E-state index contributed by atoms with van der Waals surface area (Å²) < 4.78 is 7.10. The van der Waals surface area contributed by atoms with E-state index in [1.807, 2.05) is 53.2 Å². The van der Waals surface area contributed by atoms with Crippen molar-refractivity contribution >= 4 is 23.0 Å². The zero-order chi connectivity index (χ0) is 15.2. The van der Waals surface area contributed by atoms with Gasteiger partial charge in [-0.25, -0.2) is 0 Å². The van der Waals surface area contributed by atoms with E-state index >= 15 is 0 Å². The lowest BCUT2D eigenvalue weighted by molar-refractivity contribution is 0.415. The lowest BCUT2D eigenvalue weighted by Crippen LogP contribution is -2.30. The van der Waals surface area contributed by atoms with Crippen LogP contribution in [0.3, 0.4) is 0 Å². The smallest absolute Gasteiger partial charge is 0.173 e. The second kappa shape index (κ2) is 7.08. The molecule has 1 heterocycles. The zero-order valence-electron chi connectivity index (χ0n) is 12.5. The van der Waals surface area contributed by atoms with E-state index in [2.05, 4.69) is 17.3 Å². The molecule has 0 aliphatic rings. The molecule has 0 unspecified atom stereocenters. The van der Waals surface area contributed by atoms with Gasteiger partial charge in [0.1, 0.15) is 5.75 Å². The maximum Gasteiger partial charge on any atom is 0.173 e. The molecule has 21 heavy (non-hydrogen) atoms. The van der Waals surface area contributed by atoms with Crippen LogP contribution >= 0.6 is 12.2 Å². The van der Waals surface area contributed by atoms with Gasteiger partial charge in [-0.05, 0) is 37.3 Å². The number of nitrogens with zero attached hydrogens (tertiary/aromatic N) is 3. The summed E-state index contributed by atoms with van der Waals surface area (Å²) in [6.45, 7) is 3.61. The standard InChI is InChI=1S/C15H20N4OS/c1-4-19-9-8-13(17-19)11-18(2)15(21)16-12-6-5-7-14(10-12)20-3/h5-10H,4,11H2,1-3H3,(H,16,21). The Bertz CT molecular complexity index is 611. The van der Waals surface area contributed by atoms with Crippen molar-refractivity contribution in [2.75, 3.05) is 19.5 Å². The SMILES string of the molecule is CCn1ccc(CN(C)C(=S)Nc2cccc(OC)c2)n1. The number of hydrogen-bond donors (Lipinski definition) is 1. The van der Waals surface area contributed by atoms with Gasteiger partial charge in [0, 0.05) is 31.5 Å². The first-order chi connectivity index (χ1) is 10.1. The minimum atomic E-state index is 0.648. The van der Waals surface area contributed by atoms with Crippen molar-refractivity contribution in [2.45, 2.75) is 20.0 Å². The zero-order valence-corrected chi connectivity index (χ0v) is 13.4. The van der Waals surface area contributed by atoms with Crippen molar-refractivity contribution in [3.63, 3.8) is 0 Å². The van der Waals surface area contributed by atoms with Gasteiger partial charge < -0.3 is 15.0 Å². The van der Waals surface area contributed by atoms with Gasteiger partial charge in [-0.3, -0.25) is 4.68 Å². The molecule has 0 fully saturated rings. The number of anilines is 1. The first-order valence-corrected chi connectivity index (χ1v) is 7.21. The van der Waals surface area contributed by atoms with E-state index in [9.17, 15) is 0 Å². The topological polar surface area (TPSA) is 42.3 Å². The van der Waals surface area contributed by atoms with Gasteiger partial charge in [0.2, 0.25) is 0 Å². The quantitative estimate of drug-likeness (QED) is 0.860. The third-order valence-electron chi connectivity index (χ3n) is 3.09. The second-order valence-electron chi connectivity index (χ2n) is 4.68. The predicted molar refractivity (Wildman–Crippen MR) is 88.6 cm³/mol. The first kappa shape index (κ1) is 15.3. The molecular formula is C15H20N4OS. The Kier molecular flexibility index (Phi) is 5.16. The third-order valence-corrected chi connectivity index (χ3v) is 3.50. The molecule has 0 amide bonds. The molecule has 0 aliphatic carbocycles. The average molecular weight is 304 g/mol. The van der Waals surface area contributed by atoms with E-state index in [1.54, 1.807) is 7.11 Å². The van der Waals surface area contributed by atoms with E-state index in [0.29, 0.717) is 11.7 Å². The molecule has 0 atom stereocenters. The second-order valence-corrected chi connectivity index (χ2v) is 5.07. The molecule has 0 saturated carbocycles. The van der Waals surface area contributed by atoms with Crippen LogP contribution in [0.5, 0.6) is 5.75 Å². The van der Waals surface area contributed by atoms with E-state index in [4.69, 9.17) is 17.0 Å². The van der Waals surface area contributed by atoms with E-state index < -0.39 is 0 Å². The van der Waals surface area contributed by atoms with Crippen LogP contribution in [-0.2, 0) is 13.1 Å².